The molecule has 0 saturated heterocycles. The van der Waals surface area contributed by atoms with Gasteiger partial charge in [0, 0.05) is 24.0 Å². The molecule has 3 nitrogen and oxygen atoms in total. The van der Waals surface area contributed by atoms with Gasteiger partial charge in [0.2, 0.25) is 5.91 Å². The molecule has 5 heteroatoms. The molecule has 0 spiro atoms. The fraction of sp³-hybridized carbons (Fsp3) is 0.417. The summed E-state index contributed by atoms with van der Waals surface area (Å²) in [5, 5.41) is 6.19. The number of rotatable bonds is 5. The lowest BCUT2D eigenvalue weighted by atomic mass is 10.3. The predicted octanol–water partition coefficient (Wildman–Crippen LogP) is 2.56. The van der Waals surface area contributed by atoms with Gasteiger partial charge in [0.1, 0.15) is 5.82 Å². The van der Waals surface area contributed by atoms with E-state index in [4.69, 9.17) is 11.6 Å². The highest BCUT2D eigenvalue weighted by atomic mass is 35.5. The smallest absolute Gasteiger partial charge is 0.221 e. The number of halogens is 2. The van der Waals surface area contributed by atoms with Crippen LogP contribution in [0.4, 0.5) is 10.1 Å². The Morgan fingerprint density at radius 1 is 1.47 bits per heavy atom. The standard InChI is InChI=1S/C12H14ClFN2O/c13-8-1-4-10(14)11(7-8)15-6-5-12(17)16-9-2-3-9/h1,4,7,9,15H,2-3,5-6H2,(H,16,17). The van der Waals surface area contributed by atoms with E-state index in [1.165, 1.54) is 18.2 Å². The summed E-state index contributed by atoms with van der Waals surface area (Å²) < 4.78 is 13.3. The van der Waals surface area contributed by atoms with Gasteiger partial charge in [-0.05, 0) is 31.0 Å². The van der Waals surface area contributed by atoms with E-state index < -0.39 is 0 Å². The average Bonchev–Trinajstić information content (AvgIpc) is 3.07. The van der Waals surface area contributed by atoms with Gasteiger partial charge in [0.25, 0.3) is 0 Å². The van der Waals surface area contributed by atoms with Gasteiger partial charge in [-0.15, -0.1) is 0 Å². The molecule has 17 heavy (non-hydrogen) atoms. The van der Waals surface area contributed by atoms with Crippen LogP contribution in [0.15, 0.2) is 18.2 Å². The van der Waals surface area contributed by atoms with E-state index in [0.29, 0.717) is 29.7 Å². The lowest BCUT2D eigenvalue weighted by molar-refractivity contribution is -0.120. The van der Waals surface area contributed by atoms with Crippen molar-refractivity contribution in [2.24, 2.45) is 0 Å². The van der Waals surface area contributed by atoms with Crippen LogP contribution < -0.4 is 10.6 Å². The number of amides is 1. The second kappa shape index (κ2) is 5.36. The number of nitrogens with one attached hydrogen (secondary N) is 2. The molecule has 0 bridgehead atoms. The fourth-order valence-electron chi connectivity index (χ4n) is 1.47. The van der Waals surface area contributed by atoms with Crippen molar-refractivity contribution in [2.45, 2.75) is 25.3 Å². The average molecular weight is 257 g/mol. The first-order chi connectivity index (χ1) is 8.15. The first kappa shape index (κ1) is 12.2. The minimum Gasteiger partial charge on any atom is -0.382 e. The zero-order valence-electron chi connectivity index (χ0n) is 9.30. The van der Waals surface area contributed by atoms with E-state index in [2.05, 4.69) is 10.6 Å². The minimum atomic E-state index is -0.364. The molecule has 0 atom stereocenters. The summed E-state index contributed by atoms with van der Waals surface area (Å²) in [5.41, 5.74) is 0.330. The molecule has 2 rings (SSSR count). The Balaban J connectivity index is 1.76. The molecule has 1 amide bonds. The third kappa shape index (κ3) is 3.89. The first-order valence-electron chi connectivity index (χ1n) is 5.63. The zero-order valence-corrected chi connectivity index (χ0v) is 10.1. The summed E-state index contributed by atoms with van der Waals surface area (Å²) in [6, 6.07) is 4.66. The second-order valence-electron chi connectivity index (χ2n) is 4.14. The van der Waals surface area contributed by atoms with Gasteiger partial charge in [-0.2, -0.15) is 0 Å². The van der Waals surface area contributed by atoms with Crippen LogP contribution in [0.3, 0.4) is 0 Å². The van der Waals surface area contributed by atoms with Gasteiger partial charge in [-0.3, -0.25) is 4.79 Å². The lowest BCUT2D eigenvalue weighted by Crippen LogP contribution is -2.27. The van der Waals surface area contributed by atoms with Crippen molar-refractivity contribution in [2.75, 3.05) is 11.9 Å². The number of hydrogen-bond donors (Lipinski definition) is 2. The van der Waals surface area contributed by atoms with Crippen molar-refractivity contribution in [3.8, 4) is 0 Å². The quantitative estimate of drug-likeness (QED) is 0.850. The molecule has 2 N–H and O–H groups in total. The molecule has 1 fully saturated rings. The molecule has 1 aromatic carbocycles. The van der Waals surface area contributed by atoms with Crippen LogP contribution in [-0.2, 0) is 4.79 Å². The third-order valence-corrected chi connectivity index (χ3v) is 2.77. The van der Waals surface area contributed by atoms with Crippen molar-refractivity contribution < 1.29 is 9.18 Å². The van der Waals surface area contributed by atoms with Crippen LogP contribution >= 0.6 is 11.6 Å². The molecule has 0 heterocycles. The summed E-state index contributed by atoms with van der Waals surface area (Å²) in [4.78, 5) is 11.4. The molecule has 0 unspecified atom stereocenters. The van der Waals surface area contributed by atoms with Crippen LogP contribution in [-0.4, -0.2) is 18.5 Å². The van der Waals surface area contributed by atoms with Gasteiger partial charge >= 0.3 is 0 Å². The maximum absolute atomic E-state index is 13.3. The van der Waals surface area contributed by atoms with Crippen LogP contribution in [0, 0.1) is 5.82 Å². The molecule has 1 aliphatic rings. The summed E-state index contributed by atoms with van der Waals surface area (Å²) >= 11 is 5.75. The SMILES string of the molecule is O=C(CCNc1cc(Cl)ccc1F)NC1CC1. The van der Waals surface area contributed by atoms with E-state index in [1.54, 1.807) is 0 Å². The predicted molar refractivity (Wildman–Crippen MR) is 65.7 cm³/mol. The number of anilines is 1. The molecule has 1 aromatic rings. The van der Waals surface area contributed by atoms with E-state index in [0.717, 1.165) is 12.8 Å². The maximum atomic E-state index is 13.3. The van der Waals surface area contributed by atoms with E-state index in [1.807, 2.05) is 0 Å². The van der Waals surface area contributed by atoms with Crippen molar-refractivity contribution in [1.29, 1.82) is 0 Å². The summed E-state index contributed by atoms with van der Waals surface area (Å²) in [7, 11) is 0. The molecule has 1 aliphatic carbocycles. The lowest BCUT2D eigenvalue weighted by Gasteiger charge is -2.08. The van der Waals surface area contributed by atoms with Gasteiger partial charge in [-0.25, -0.2) is 4.39 Å². The molecule has 0 aromatic heterocycles. The van der Waals surface area contributed by atoms with Crippen molar-refractivity contribution in [3.63, 3.8) is 0 Å². The summed E-state index contributed by atoms with van der Waals surface area (Å²) in [6.07, 6.45) is 2.48. The molecule has 92 valence electrons. The number of hydrogen-bond acceptors (Lipinski definition) is 2. The maximum Gasteiger partial charge on any atom is 0.221 e. The highest BCUT2D eigenvalue weighted by molar-refractivity contribution is 6.30. The topological polar surface area (TPSA) is 41.1 Å². The second-order valence-corrected chi connectivity index (χ2v) is 4.58. The number of carbonyl (C=O) groups is 1. The van der Waals surface area contributed by atoms with E-state index in [-0.39, 0.29) is 11.7 Å². The molecular formula is C12H14ClFN2O. The number of carbonyl (C=O) groups excluding carboxylic acids is 1. The van der Waals surface area contributed by atoms with Gasteiger partial charge in [0.15, 0.2) is 0 Å². The molecule has 0 radical (unpaired) electrons. The normalized spacial score (nSPS) is 14.5. The Morgan fingerprint density at radius 3 is 2.94 bits per heavy atom. The highest BCUT2D eigenvalue weighted by Crippen LogP contribution is 2.20. The van der Waals surface area contributed by atoms with Gasteiger partial charge < -0.3 is 10.6 Å². The third-order valence-electron chi connectivity index (χ3n) is 2.54. The van der Waals surface area contributed by atoms with Crippen LogP contribution in [0.5, 0.6) is 0 Å². The van der Waals surface area contributed by atoms with Gasteiger partial charge in [-0.1, -0.05) is 11.6 Å². The van der Waals surface area contributed by atoms with Gasteiger partial charge in [0.05, 0.1) is 5.69 Å². The monoisotopic (exact) mass is 256 g/mol. The summed E-state index contributed by atoms with van der Waals surface area (Å²) in [5.74, 6) is -0.362. The van der Waals surface area contributed by atoms with Crippen LogP contribution in [0.2, 0.25) is 5.02 Å². The van der Waals surface area contributed by atoms with Crippen LogP contribution in [0.25, 0.3) is 0 Å². The van der Waals surface area contributed by atoms with Crippen LogP contribution in [0.1, 0.15) is 19.3 Å². The highest BCUT2D eigenvalue weighted by Gasteiger charge is 2.22. The van der Waals surface area contributed by atoms with Crippen molar-refractivity contribution in [1.82, 2.24) is 5.32 Å². The van der Waals surface area contributed by atoms with E-state index in [9.17, 15) is 9.18 Å². The summed E-state index contributed by atoms with van der Waals surface area (Å²) in [6.45, 7) is 0.399. The Bertz CT molecular complexity index is 421. The Labute approximate surface area is 104 Å². The van der Waals surface area contributed by atoms with E-state index >= 15 is 0 Å². The first-order valence-corrected chi connectivity index (χ1v) is 6.01. The Morgan fingerprint density at radius 2 is 2.24 bits per heavy atom. The van der Waals surface area contributed by atoms with Crippen molar-refractivity contribution in [3.05, 3.63) is 29.0 Å². The van der Waals surface area contributed by atoms with Crippen molar-refractivity contribution >= 4 is 23.2 Å². The fourth-order valence-corrected chi connectivity index (χ4v) is 1.64. The number of benzene rings is 1. The Kier molecular flexibility index (Phi) is 3.84. The zero-order chi connectivity index (χ0) is 12.3. The molecule has 0 aliphatic heterocycles. The largest absolute Gasteiger partial charge is 0.382 e. The molecular weight excluding hydrogens is 243 g/mol. The molecule has 1 saturated carbocycles. The Hall–Kier alpha value is -1.29. The minimum absolute atomic E-state index is 0.00226.